The Bertz CT molecular complexity index is 360. The van der Waals surface area contributed by atoms with Crippen molar-refractivity contribution in [3.63, 3.8) is 0 Å². The van der Waals surface area contributed by atoms with Crippen molar-refractivity contribution in [3.8, 4) is 0 Å². The van der Waals surface area contributed by atoms with Crippen molar-refractivity contribution < 1.29 is 0 Å². The maximum atomic E-state index is 4.44. The zero-order valence-corrected chi connectivity index (χ0v) is 8.37. The van der Waals surface area contributed by atoms with Crippen molar-refractivity contribution in [3.05, 3.63) is 14.4 Å². The molecule has 0 aliphatic heterocycles. The van der Waals surface area contributed by atoms with Crippen LogP contribution in [0, 0.1) is 13.8 Å². The normalized spacial score (nSPS) is 11.0. The third-order valence-electron chi connectivity index (χ3n) is 1.44. The van der Waals surface area contributed by atoms with Gasteiger partial charge < -0.3 is 0 Å². The average molecular weight is 216 g/mol. The van der Waals surface area contributed by atoms with Gasteiger partial charge in [-0.05, 0) is 0 Å². The number of nitrogens with zero attached hydrogens (tertiary/aromatic N) is 1. The Labute approximate surface area is 69.5 Å². The fraction of sp³-hybridized carbons (Fsp3) is 0.286. The second-order valence-corrected chi connectivity index (χ2v) is 5.75. The van der Waals surface area contributed by atoms with Crippen molar-refractivity contribution in [2.45, 2.75) is 13.8 Å². The molecular formula is C7H7NSSe. The van der Waals surface area contributed by atoms with E-state index in [9.17, 15) is 0 Å². The second kappa shape index (κ2) is 2.19. The van der Waals surface area contributed by atoms with Gasteiger partial charge in [-0.15, -0.1) is 0 Å². The van der Waals surface area contributed by atoms with Crippen LogP contribution < -0.4 is 0 Å². The van der Waals surface area contributed by atoms with Crippen molar-refractivity contribution >= 4 is 36.1 Å². The first kappa shape index (κ1) is 6.59. The first-order valence-corrected chi connectivity index (χ1v) is 5.75. The maximum absolute atomic E-state index is 4.44. The van der Waals surface area contributed by atoms with Crippen LogP contribution in [0.1, 0.15) is 9.44 Å². The average Bonchev–Trinajstić information content (AvgIpc) is 2.35. The molecule has 2 heterocycles. The van der Waals surface area contributed by atoms with Gasteiger partial charge in [-0.1, -0.05) is 0 Å². The van der Waals surface area contributed by atoms with Crippen LogP contribution in [-0.2, 0) is 0 Å². The molecule has 0 spiro atoms. The summed E-state index contributed by atoms with van der Waals surface area (Å²) in [4.78, 5) is 6.76. The summed E-state index contributed by atoms with van der Waals surface area (Å²) in [5.41, 5.74) is 1.27. The fourth-order valence-corrected chi connectivity index (χ4v) is 3.86. The monoisotopic (exact) mass is 217 g/mol. The molecule has 10 heavy (non-hydrogen) atoms. The van der Waals surface area contributed by atoms with Gasteiger partial charge in [0, 0.05) is 0 Å². The molecular weight excluding hydrogens is 209 g/mol. The second-order valence-electron chi connectivity index (χ2n) is 2.24. The molecule has 2 aromatic heterocycles. The summed E-state index contributed by atoms with van der Waals surface area (Å²) in [6, 6.07) is 0. The summed E-state index contributed by atoms with van der Waals surface area (Å²) in [5.74, 6) is 0. The van der Waals surface area contributed by atoms with Crippen LogP contribution in [0.2, 0.25) is 0 Å². The fourth-order valence-electron chi connectivity index (χ4n) is 0.973. The number of aryl methyl sites for hydroxylation is 2. The van der Waals surface area contributed by atoms with Crippen LogP contribution in [-0.4, -0.2) is 19.5 Å². The molecule has 0 bridgehead atoms. The first-order valence-electron chi connectivity index (χ1n) is 3.08. The van der Waals surface area contributed by atoms with Crippen molar-refractivity contribution in [1.29, 1.82) is 0 Å². The van der Waals surface area contributed by atoms with Crippen LogP contribution in [0.15, 0.2) is 4.94 Å². The molecule has 0 radical (unpaired) electrons. The summed E-state index contributed by atoms with van der Waals surface area (Å²) in [6.07, 6.45) is 0. The van der Waals surface area contributed by atoms with Gasteiger partial charge in [0.05, 0.1) is 0 Å². The molecule has 0 unspecified atom stereocenters. The third kappa shape index (κ3) is 0.858. The van der Waals surface area contributed by atoms with Gasteiger partial charge in [-0.2, -0.15) is 0 Å². The molecule has 0 aliphatic carbocycles. The Morgan fingerprint density at radius 1 is 1.50 bits per heavy atom. The van der Waals surface area contributed by atoms with E-state index in [2.05, 4.69) is 23.8 Å². The summed E-state index contributed by atoms with van der Waals surface area (Å²) in [5, 5.41) is 1.19. The van der Waals surface area contributed by atoms with Crippen LogP contribution in [0.3, 0.4) is 0 Å². The third-order valence-corrected chi connectivity index (χ3v) is 4.58. The van der Waals surface area contributed by atoms with Crippen LogP contribution in [0.4, 0.5) is 0 Å². The van der Waals surface area contributed by atoms with Gasteiger partial charge in [0.2, 0.25) is 0 Å². The van der Waals surface area contributed by atoms with E-state index in [0.717, 1.165) is 0 Å². The molecule has 52 valence electrons. The van der Waals surface area contributed by atoms with E-state index in [1.165, 1.54) is 19.7 Å². The minimum absolute atomic E-state index is 0.599. The van der Waals surface area contributed by atoms with E-state index in [0.29, 0.717) is 14.5 Å². The molecule has 0 aliphatic rings. The number of thiazole rings is 1. The van der Waals surface area contributed by atoms with Gasteiger partial charge >= 0.3 is 69.3 Å². The van der Waals surface area contributed by atoms with Gasteiger partial charge in [0.15, 0.2) is 0 Å². The van der Waals surface area contributed by atoms with E-state index in [-0.39, 0.29) is 0 Å². The van der Waals surface area contributed by atoms with Crippen LogP contribution in [0.25, 0.3) is 10.2 Å². The number of hydrogen-bond acceptors (Lipinski definition) is 2. The predicted octanol–water partition coefficient (Wildman–Crippen LogP) is 1.97. The van der Waals surface area contributed by atoms with Gasteiger partial charge in [0.1, 0.15) is 0 Å². The van der Waals surface area contributed by atoms with Crippen molar-refractivity contribution in [2.75, 3.05) is 0 Å². The number of aromatic nitrogens is 1. The topological polar surface area (TPSA) is 12.9 Å². The molecule has 0 fully saturated rings. The molecule has 0 saturated carbocycles. The molecule has 0 atom stereocenters. The predicted molar refractivity (Wildman–Crippen MR) is 46.0 cm³/mol. The molecule has 2 rings (SSSR count). The van der Waals surface area contributed by atoms with Crippen LogP contribution in [0.5, 0.6) is 0 Å². The summed E-state index contributed by atoms with van der Waals surface area (Å²) in [6.45, 7) is 4.25. The first-order chi connectivity index (χ1) is 4.77. The van der Waals surface area contributed by atoms with Gasteiger partial charge in [-0.3, -0.25) is 0 Å². The van der Waals surface area contributed by atoms with E-state index in [4.69, 9.17) is 0 Å². The Kier molecular flexibility index (Phi) is 1.44. The minimum atomic E-state index is 0.599. The molecule has 1 nitrogen and oxygen atoms in total. The van der Waals surface area contributed by atoms with E-state index >= 15 is 0 Å². The number of fused-ring (bicyclic) bond motifs is 1. The quantitative estimate of drug-likeness (QED) is 0.613. The molecule has 0 N–H and O–H groups in total. The molecule has 0 amide bonds. The molecule has 0 aromatic carbocycles. The molecule has 0 saturated heterocycles. The SMILES string of the molecule is Cc1nc2c(C)[se]cc2s1. The van der Waals surface area contributed by atoms with E-state index < -0.39 is 0 Å². The number of rotatable bonds is 0. The Hall–Kier alpha value is -0.111. The van der Waals surface area contributed by atoms with Crippen LogP contribution >= 0.6 is 11.3 Å². The van der Waals surface area contributed by atoms with Gasteiger partial charge in [0.25, 0.3) is 0 Å². The summed E-state index contributed by atoms with van der Waals surface area (Å²) in [7, 11) is 0. The van der Waals surface area contributed by atoms with Gasteiger partial charge in [-0.25, -0.2) is 0 Å². The zero-order valence-electron chi connectivity index (χ0n) is 5.84. The molecule has 3 heteroatoms. The standard InChI is InChI=1S/C7H7NSSe/c1-4-7-6(3-10-4)9-5(2)8-7/h3H,1-2H3. The summed E-state index contributed by atoms with van der Waals surface area (Å²) >= 11 is 2.41. The summed E-state index contributed by atoms with van der Waals surface area (Å²) < 4.78 is 2.88. The Balaban J connectivity index is 2.90. The van der Waals surface area contributed by atoms with E-state index in [1.807, 2.05) is 11.3 Å². The Morgan fingerprint density at radius 3 is 3.00 bits per heavy atom. The number of hydrogen-bond donors (Lipinski definition) is 0. The molecule has 2 aromatic rings. The van der Waals surface area contributed by atoms with E-state index in [1.54, 1.807) is 0 Å². The van der Waals surface area contributed by atoms with Crippen molar-refractivity contribution in [2.24, 2.45) is 0 Å². The van der Waals surface area contributed by atoms with Crippen molar-refractivity contribution in [1.82, 2.24) is 4.98 Å². The zero-order chi connectivity index (χ0) is 7.14. The Morgan fingerprint density at radius 2 is 2.30 bits per heavy atom.